The van der Waals surface area contributed by atoms with Crippen LogP contribution in [-0.4, -0.2) is 71.7 Å². The molecule has 1 aromatic heterocycles. The second kappa shape index (κ2) is 7.85. The number of hydrogen-bond acceptors (Lipinski definition) is 4. The van der Waals surface area contributed by atoms with Crippen molar-refractivity contribution in [3.63, 3.8) is 0 Å². The van der Waals surface area contributed by atoms with Gasteiger partial charge in [0, 0.05) is 63.0 Å². The van der Waals surface area contributed by atoms with Gasteiger partial charge in [0.1, 0.15) is 0 Å². The molecular weight excluding hydrogens is 356 g/mol. The van der Waals surface area contributed by atoms with Crippen LogP contribution < -0.4 is 0 Å². The summed E-state index contributed by atoms with van der Waals surface area (Å²) in [5, 5.41) is 7.46. The van der Waals surface area contributed by atoms with Crippen LogP contribution in [0.3, 0.4) is 0 Å². The van der Waals surface area contributed by atoms with Crippen molar-refractivity contribution in [3.05, 3.63) is 17.0 Å². The number of aromatic nitrogens is 2. The van der Waals surface area contributed by atoms with Crippen LogP contribution in [0, 0.1) is 11.3 Å². The number of carbonyl (C=O) groups is 2. The van der Waals surface area contributed by atoms with Gasteiger partial charge in [-0.25, -0.2) is 0 Å². The lowest BCUT2D eigenvalue weighted by molar-refractivity contribution is -0.128. The highest BCUT2D eigenvalue weighted by atomic mass is 16.5. The lowest BCUT2D eigenvalue weighted by Gasteiger charge is -2.38. The summed E-state index contributed by atoms with van der Waals surface area (Å²) in [5.41, 5.74) is 2.94. The summed E-state index contributed by atoms with van der Waals surface area (Å²) >= 11 is 0. The Balaban J connectivity index is 1.36. The quantitative estimate of drug-likeness (QED) is 0.783. The van der Waals surface area contributed by atoms with Gasteiger partial charge >= 0.3 is 0 Å². The molecule has 2 aliphatic heterocycles. The summed E-state index contributed by atoms with van der Waals surface area (Å²) in [6, 6.07) is 0. The lowest BCUT2D eigenvalue weighted by Crippen LogP contribution is -2.44. The summed E-state index contributed by atoms with van der Waals surface area (Å²) in [6.07, 6.45) is 6.38. The van der Waals surface area contributed by atoms with Gasteiger partial charge in [0.2, 0.25) is 5.91 Å². The standard InChI is InChI=1S/C21H32N4O3/c1-15-4-5-17-16(12-15)19(23-22-17)20(27)24-9-6-21(7-10-24)13-18(26)25(14-21)8-3-11-28-2/h15H,3-14H2,1-2H3,(H,22,23). The molecular formula is C21H32N4O3. The second-order valence-electron chi connectivity index (χ2n) is 9.01. The van der Waals surface area contributed by atoms with Crippen LogP contribution in [0.15, 0.2) is 0 Å². The fourth-order valence-corrected chi connectivity index (χ4v) is 5.10. The van der Waals surface area contributed by atoms with Gasteiger partial charge in [0.05, 0.1) is 0 Å². The van der Waals surface area contributed by atoms with Gasteiger partial charge in [0.15, 0.2) is 5.69 Å². The number of methoxy groups -OCH3 is 1. The first-order valence-electron chi connectivity index (χ1n) is 10.6. The predicted molar refractivity (Wildman–Crippen MR) is 105 cm³/mol. The average Bonchev–Trinajstić information content (AvgIpc) is 3.23. The first kappa shape index (κ1) is 19.4. The van der Waals surface area contributed by atoms with Crippen LogP contribution in [0.4, 0.5) is 0 Å². The number of carbonyl (C=O) groups excluding carboxylic acids is 2. The molecule has 1 unspecified atom stereocenters. The highest BCUT2D eigenvalue weighted by Crippen LogP contribution is 2.41. The fraction of sp³-hybridized carbons (Fsp3) is 0.762. The van der Waals surface area contributed by atoms with Crippen molar-refractivity contribution in [1.82, 2.24) is 20.0 Å². The summed E-state index contributed by atoms with van der Waals surface area (Å²) < 4.78 is 5.11. The Kier molecular flexibility index (Phi) is 5.45. The number of fused-ring (bicyclic) bond motifs is 1. The minimum absolute atomic E-state index is 0.0421. The molecule has 1 aliphatic carbocycles. The van der Waals surface area contributed by atoms with Crippen molar-refractivity contribution in [1.29, 1.82) is 0 Å². The van der Waals surface area contributed by atoms with Gasteiger partial charge in [-0.05, 0) is 44.4 Å². The molecule has 2 saturated heterocycles. The maximum Gasteiger partial charge on any atom is 0.274 e. The number of H-pyrrole nitrogens is 1. The Labute approximate surface area is 166 Å². The van der Waals surface area contributed by atoms with Crippen LogP contribution in [0.2, 0.25) is 0 Å². The normalized spacial score (nSPS) is 24.1. The molecule has 3 aliphatic rings. The SMILES string of the molecule is COCCCN1CC2(CCN(C(=O)c3n[nH]c4c3CC(C)CC4)CC2)CC1=O. The Morgan fingerprint density at radius 3 is 2.89 bits per heavy atom. The van der Waals surface area contributed by atoms with E-state index in [4.69, 9.17) is 4.74 Å². The van der Waals surface area contributed by atoms with E-state index in [1.807, 2.05) is 9.80 Å². The maximum atomic E-state index is 13.1. The number of aryl methyl sites for hydroxylation is 1. The monoisotopic (exact) mass is 388 g/mol. The molecule has 28 heavy (non-hydrogen) atoms. The Hall–Kier alpha value is -1.89. The van der Waals surface area contributed by atoms with E-state index in [0.717, 1.165) is 76.0 Å². The molecule has 7 heteroatoms. The zero-order valence-electron chi connectivity index (χ0n) is 17.1. The zero-order valence-corrected chi connectivity index (χ0v) is 17.1. The number of amides is 2. The van der Waals surface area contributed by atoms with E-state index in [2.05, 4.69) is 17.1 Å². The molecule has 2 amide bonds. The number of hydrogen-bond donors (Lipinski definition) is 1. The highest BCUT2D eigenvalue weighted by Gasteiger charge is 2.45. The van der Waals surface area contributed by atoms with Gasteiger partial charge in [0.25, 0.3) is 5.91 Å². The third kappa shape index (κ3) is 3.69. The van der Waals surface area contributed by atoms with Crippen LogP contribution >= 0.6 is 0 Å². The molecule has 4 rings (SSSR count). The van der Waals surface area contributed by atoms with Crippen molar-refractivity contribution in [2.45, 2.75) is 51.9 Å². The molecule has 1 aromatic rings. The van der Waals surface area contributed by atoms with Crippen molar-refractivity contribution in [2.24, 2.45) is 11.3 Å². The third-order valence-corrected chi connectivity index (χ3v) is 6.89. The van der Waals surface area contributed by atoms with Gasteiger partial charge in [-0.2, -0.15) is 5.10 Å². The number of nitrogens with one attached hydrogen (secondary N) is 1. The first-order chi connectivity index (χ1) is 13.5. The zero-order chi connectivity index (χ0) is 19.7. The molecule has 3 heterocycles. The first-order valence-corrected chi connectivity index (χ1v) is 10.6. The van der Waals surface area contributed by atoms with Crippen LogP contribution in [-0.2, 0) is 22.4 Å². The number of nitrogens with zero attached hydrogens (tertiary/aromatic N) is 3. The van der Waals surface area contributed by atoms with Crippen LogP contribution in [0.25, 0.3) is 0 Å². The summed E-state index contributed by atoms with van der Waals surface area (Å²) in [4.78, 5) is 29.5. The van der Waals surface area contributed by atoms with Gasteiger partial charge in [-0.1, -0.05) is 6.92 Å². The topological polar surface area (TPSA) is 78.5 Å². The van der Waals surface area contributed by atoms with E-state index < -0.39 is 0 Å². The lowest BCUT2D eigenvalue weighted by atomic mass is 9.77. The average molecular weight is 389 g/mol. The van der Waals surface area contributed by atoms with E-state index in [9.17, 15) is 9.59 Å². The number of likely N-dealkylation sites (tertiary alicyclic amines) is 2. The molecule has 154 valence electrons. The molecule has 0 saturated carbocycles. The fourth-order valence-electron chi connectivity index (χ4n) is 5.10. The molecule has 0 bridgehead atoms. The van der Waals surface area contributed by atoms with E-state index in [1.165, 1.54) is 0 Å². The van der Waals surface area contributed by atoms with Gasteiger partial charge < -0.3 is 14.5 Å². The van der Waals surface area contributed by atoms with Crippen molar-refractivity contribution >= 4 is 11.8 Å². The molecule has 0 radical (unpaired) electrons. The second-order valence-corrected chi connectivity index (χ2v) is 9.01. The highest BCUT2D eigenvalue weighted by molar-refractivity contribution is 5.94. The van der Waals surface area contributed by atoms with E-state index in [-0.39, 0.29) is 17.2 Å². The molecule has 1 spiro atoms. The van der Waals surface area contributed by atoms with Crippen LogP contribution in [0.5, 0.6) is 0 Å². The van der Waals surface area contributed by atoms with Gasteiger partial charge in [-0.15, -0.1) is 0 Å². The minimum atomic E-state index is 0.0421. The largest absolute Gasteiger partial charge is 0.385 e. The molecule has 1 N–H and O–H groups in total. The molecule has 2 fully saturated rings. The summed E-state index contributed by atoms with van der Waals surface area (Å²) in [5.74, 6) is 0.920. The van der Waals surface area contributed by atoms with E-state index in [1.54, 1.807) is 7.11 Å². The molecule has 0 aromatic carbocycles. The maximum absolute atomic E-state index is 13.1. The Bertz CT molecular complexity index is 736. The van der Waals surface area contributed by atoms with Crippen molar-refractivity contribution in [3.8, 4) is 0 Å². The molecule has 1 atom stereocenters. The predicted octanol–water partition coefficient (Wildman–Crippen LogP) is 2.03. The van der Waals surface area contributed by atoms with Gasteiger partial charge in [-0.3, -0.25) is 14.7 Å². The third-order valence-electron chi connectivity index (χ3n) is 6.89. The van der Waals surface area contributed by atoms with E-state index in [0.29, 0.717) is 24.6 Å². The van der Waals surface area contributed by atoms with E-state index >= 15 is 0 Å². The number of rotatable bonds is 5. The smallest absolute Gasteiger partial charge is 0.274 e. The summed E-state index contributed by atoms with van der Waals surface area (Å²) in [7, 11) is 1.69. The minimum Gasteiger partial charge on any atom is -0.385 e. The van der Waals surface area contributed by atoms with Crippen molar-refractivity contribution in [2.75, 3.05) is 39.9 Å². The molecule has 7 nitrogen and oxygen atoms in total. The number of ether oxygens (including phenoxy) is 1. The Morgan fingerprint density at radius 2 is 2.14 bits per heavy atom. The number of aromatic amines is 1. The summed E-state index contributed by atoms with van der Waals surface area (Å²) in [6.45, 7) is 5.96. The van der Waals surface area contributed by atoms with Crippen molar-refractivity contribution < 1.29 is 14.3 Å². The number of piperidine rings is 1. The van der Waals surface area contributed by atoms with Crippen LogP contribution in [0.1, 0.15) is 60.8 Å². The Morgan fingerprint density at radius 1 is 1.36 bits per heavy atom.